The zero-order valence-corrected chi connectivity index (χ0v) is 18.4. The third-order valence-electron chi connectivity index (χ3n) is 5.71. The van der Waals surface area contributed by atoms with Gasteiger partial charge in [-0.15, -0.1) is 0 Å². The van der Waals surface area contributed by atoms with Crippen molar-refractivity contribution in [3.8, 4) is 0 Å². The largest absolute Gasteiger partial charge is 0.357 e. The topological polar surface area (TPSA) is 49.4 Å². The SMILES string of the molecule is CCCCC(=O)N1c2ccccc2NC2=C(C(=O)CCC2)C1c1ccc(Cl)cc1Cl. The van der Waals surface area contributed by atoms with E-state index in [1.54, 1.807) is 17.0 Å². The molecule has 6 heteroatoms. The Labute approximate surface area is 186 Å². The van der Waals surface area contributed by atoms with E-state index in [4.69, 9.17) is 23.2 Å². The van der Waals surface area contributed by atoms with Crippen LogP contribution in [-0.4, -0.2) is 11.7 Å². The monoisotopic (exact) mass is 442 g/mol. The number of hydrogen-bond donors (Lipinski definition) is 1. The molecule has 0 saturated heterocycles. The van der Waals surface area contributed by atoms with E-state index in [-0.39, 0.29) is 11.7 Å². The van der Waals surface area contributed by atoms with Gasteiger partial charge in [-0.3, -0.25) is 14.5 Å². The van der Waals surface area contributed by atoms with Crippen molar-refractivity contribution in [2.45, 2.75) is 51.5 Å². The maximum Gasteiger partial charge on any atom is 0.227 e. The molecule has 0 radical (unpaired) electrons. The molecule has 2 aliphatic rings. The second kappa shape index (κ2) is 8.83. The number of benzene rings is 2. The summed E-state index contributed by atoms with van der Waals surface area (Å²) in [6.45, 7) is 2.06. The molecule has 30 heavy (non-hydrogen) atoms. The molecule has 1 N–H and O–H groups in total. The molecule has 1 aliphatic carbocycles. The molecule has 1 aliphatic heterocycles. The van der Waals surface area contributed by atoms with Crippen molar-refractivity contribution in [1.82, 2.24) is 0 Å². The van der Waals surface area contributed by atoms with E-state index >= 15 is 0 Å². The highest BCUT2D eigenvalue weighted by Crippen LogP contribution is 2.46. The average molecular weight is 443 g/mol. The van der Waals surface area contributed by atoms with Gasteiger partial charge < -0.3 is 5.32 Å². The van der Waals surface area contributed by atoms with Gasteiger partial charge in [0.25, 0.3) is 0 Å². The van der Waals surface area contributed by atoms with Crippen molar-refractivity contribution >= 4 is 46.3 Å². The number of carbonyl (C=O) groups is 2. The second-order valence-corrected chi connectivity index (χ2v) is 8.59. The number of amides is 1. The molecule has 1 unspecified atom stereocenters. The van der Waals surface area contributed by atoms with E-state index in [0.717, 1.165) is 42.8 Å². The number of halogens is 2. The summed E-state index contributed by atoms with van der Waals surface area (Å²) >= 11 is 12.8. The lowest BCUT2D eigenvalue weighted by Gasteiger charge is -2.34. The van der Waals surface area contributed by atoms with Gasteiger partial charge in [0.1, 0.15) is 0 Å². The summed E-state index contributed by atoms with van der Waals surface area (Å²) in [6, 6.07) is 12.4. The number of fused-ring (bicyclic) bond motifs is 1. The van der Waals surface area contributed by atoms with Crippen molar-refractivity contribution in [1.29, 1.82) is 0 Å². The molecule has 0 spiro atoms. The van der Waals surface area contributed by atoms with Crippen molar-refractivity contribution in [2.75, 3.05) is 10.2 Å². The van der Waals surface area contributed by atoms with Gasteiger partial charge in [0, 0.05) is 34.2 Å². The summed E-state index contributed by atoms with van der Waals surface area (Å²) in [5.41, 5.74) is 3.81. The van der Waals surface area contributed by atoms with Crippen LogP contribution >= 0.6 is 23.2 Å². The fraction of sp³-hybridized carbons (Fsp3) is 0.333. The molecule has 2 aromatic rings. The molecule has 156 valence electrons. The predicted molar refractivity (Wildman–Crippen MR) is 122 cm³/mol. The first kappa shape index (κ1) is 21.0. The van der Waals surface area contributed by atoms with Crippen LogP contribution in [-0.2, 0) is 9.59 Å². The zero-order chi connectivity index (χ0) is 21.3. The van der Waals surface area contributed by atoms with Crippen LogP contribution in [0.1, 0.15) is 57.1 Å². The maximum absolute atomic E-state index is 13.5. The first-order valence-electron chi connectivity index (χ1n) is 10.4. The number of ketones is 1. The average Bonchev–Trinajstić information content (AvgIpc) is 2.87. The second-order valence-electron chi connectivity index (χ2n) is 7.75. The molecule has 0 aromatic heterocycles. The van der Waals surface area contributed by atoms with Crippen molar-refractivity contribution in [3.63, 3.8) is 0 Å². The highest BCUT2D eigenvalue weighted by Gasteiger charge is 2.39. The minimum Gasteiger partial charge on any atom is -0.357 e. The number of para-hydroxylation sites is 2. The van der Waals surface area contributed by atoms with Crippen LogP contribution in [0, 0.1) is 0 Å². The van der Waals surface area contributed by atoms with Crippen LogP contribution < -0.4 is 10.2 Å². The molecule has 4 nitrogen and oxygen atoms in total. The van der Waals surface area contributed by atoms with Crippen LogP contribution in [0.5, 0.6) is 0 Å². The van der Waals surface area contributed by atoms with Gasteiger partial charge in [0.2, 0.25) is 5.91 Å². The normalized spacial score (nSPS) is 18.4. The third kappa shape index (κ3) is 3.86. The van der Waals surface area contributed by atoms with Crippen LogP contribution in [0.25, 0.3) is 0 Å². The molecule has 0 fully saturated rings. The Kier molecular flexibility index (Phi) is 6.16. The maximum atomic E-state index is 13.5. The first-order chi connectivity index (χ1) is 14.5. The fourth-order valence-corrected chi connectivity index (χ4v) is 4.79. The molecule has 4 rings (SSSR count). The summed E-state index contributed by atoms with van der Waals surface area (Å²) in [5, 5.41) is 4.43. The summed E-state index contributed by atoms with van der Waals surface area (Å²) in [4.78, 5) is 28.4. The summed E-state index contributed by atoms with van der Waals surface area (Å²) in [5.74, 6) is 0.0371. The number of allylic oxidation sites excluding steroid dienone is 1. The van der Waals surface area contributed by atoms with Crippen LogP contribution in [0.4, 0.5) is 11.4 Å². The Balaban J connectivity index is 1.97. The third-order valence-corrected chi connectivity index (χ3v) is 6.27. The molecule has 1 amide bonds. The quantitative estimate of drug-likeness (QED) is 0.573. The number of Topliss-reactive ketones (excluding diaryl/α,β-unsaturated/α-hetero) is 1. The van der Waals surface area contributed by atoms with Crippen LogP contribution in [0.2, 0.25) is 10.0 Å². The number of anilines is 2. The Morgan fingerprint density at radius 1 is 1.17 bits per heavy atom. The minimum absolute atomic E-state index is 0.0192. The van der Waals surface area contributed by atoms with Crippen LogP contribution in [0.3, 0.4) is 0 Å². The lowest BCUT2D eigenvalue weighted by molar-refractivity contribution is -0.119. The number of hydrogen-bond acceptors (Lipinski definition) is 3. The Hall–Kier alpha value is -2.30. The van der Waals surface area contributed by atoms with Gasteiger partial charge in [-0.1, -0.05) is 54.7 Å². The molecule has 2 aromatic carbocycles. The fourth-order valence-electron chi connectivity index (χ4n) is 4.28. The highest BCUT2D eigenvalue weighted by atomic mass is 35.5. The van der Waals surface area contributed by atoms with E-state index in [0.29, 0.717) is 34.0 Å². The number of unbranched alkanes of at least 4 members (excludes halogenated alkanes) is 1. The van der Waals surface area contributed by atoms with Crippen molar-refractivity contribution in [3.05, 3.63) is 69.3 Å². The summed E-state index contributed by atoms with van der Waals surface area (Å²) < 4.78 is 0. The Morgan fingerprint density at radius 3 is 2.73 bits per heavy atom. The number of nitrogens with one attached hydrogen (secondary N) is 1. The van der Waals surface area contributed by atoms with Crippen molar-refractivity contribution < 1.29 is 9.59 Å². The predicted octanol–water partition coefficient (Wildman–Crippen LogP) is 6.69. The number of nitrogens with zero attached hydrogens (tertiary/aromatic N) is 1. The van der Waals surface area contributed by atoms with Gasteiger partial charge in [0.05, 0.1) is 17.4 Å². The summed E-state index contributed by atoms with van der Waals surface area (Å²) in [7, 11) is 0. The molecule has 0 bridgehead atoms. The number of carbonyl (C=O) groups excluding carboxylic acids is 2. The van der Waals surface area contributed by atoms with Gasteiger partial charge >= 0.3 is 0 Å². The Morgan fingerprint density at radius 2 is 1.97 bits per heavy atom. The highest BCUT2D eigenvalue weighted by molar-refractivity contribution is 6.35. The van der Waals surface area contributed by atoms with E-state index in [1.165, 1.54) is 0 Å². The van der Waals surface area contributed by atoms with Crippen molar-refractivity contribution in [2.24, 2.45) is 0 Å². The van der Waals surface area contributed by atoms with E-state index < -0.39 is 6.04 Å². The lowest BCUT2D eigenvalue weighted by Crippen LogP contribution is -2.38. The Bertz CT molecular complexity index is 1030. The van der Waals surface area contributed by atoms with Gasteiger partial charge in [0.15, 0.2) is 5.78 Å². The zero-order valence-electron chi connectivity index (χ0n) is 16.9. The molecule has 0 saturated carbocycles. The van der Waals surface area contributed by atoms with Gasteiger partial charge in [-0.05, 0) is 49.1 Å². The number of rotatable bonds is 4. The molecular formula is C24H24Cl2N2O2. The molecular weight excluding hydrogens is 419 g/mol. The molecule has 1 heterocycles. The summed E-state index contributed by atoms with van der Waals surface area (Å²) in [6.07, 6.45) is 4.12. The van der Waals surface area contributed by atoms with E-state index in [2.05, 4.69) is 12.2 Å². The van der Waals surface area contributed by atoms with E-state index in [9.17, 15) is 9.59 Å². The minimum atomic E-state index is -0.585. The van der Waals surface area contributed by atoms with Gasteiger partial charge in [-0.2, -0.15) is 0 Å². The van der Waals surface area contributed by atoms with E-state index in [1.807, 2.05) is 30.3 Å². The standard InChI is InChI=1S/C24H24Cl2N2O2/c1-2-3-11-22(30)28-20-9-5-4-7-18(20)27-19-8-6-10-21(29)23(19)24(28)16-13-12-15(25)14-17(16)26/h4-5,7,9,12-14,24,27H,2-3,6,8,10-11H2,1H3. The smallest absolute Gasteiger partial charge is 0.227 e. The van der Waals surface area contributed by atoms with Crippen LogP contribution in [0.15, 0.2) is 53.7 Å². The molecule has 1 atom stereocenters. The lowest BCUT2D eigenvalue weighted by atomic mass is 9.85. The van der Waals surface area contributed by atoms with Gasteiger partial charge in [-0.25, -0.2) is 0 Å². The first-order valence-corrected chi connectivity index (χ1v) is 11.2.